The molecule has 1 saturated carbocycles. The third-order valence-corrected chi connectivity index (χ3v) is 5.35. The average Bonchev–Trinajstić information content (AvgIpc) is 3.41. The monoisotopic (exact) mass is 379 g/mol. The molecule has 2 aromatic heterocycles. The second-order valence-corrected chi connectivity index (χ2v) is 7.41. The molecule has 0 atom stereocenters. The minimum Gasteiger partial charge on any atom is -0.461 e. The molecular weight excluding hydrogens is 354 g/mol. The summed E-state index contributed by atoms with van der Waals surface area (Å²) in [6.07, 6.45) is 10.0. The van der Waals surface area contributed by atoms with Gasteiger partial charge in [-0.05, 0) is 36.1 Å². The Morgan fingerprint density at radius 3 is 2.79 bits per heavy atom. The molecule has 146 valence electrons. The SMILES string of the molecule is O=C(CCC1CCCCC1)Nc1ccccc1Cc1nc(-c2ccco2)no1. The zero-order valence-corrected chi connectivity index (χ0v) is 15.9. The van der Waals surface area contributed by atoms with Crippen LogP contribution in [0.1, 0.15) is 56.4 Å². The van der Waals surface area contributed by atoms with E-state index in [4.69, 9.17) is 8.94 Å². The second-order valence-electron chi connectivity index (χ2n) is 7.41. The van der Waals surface area contributed by atoms with Gasteiger partial charge in [-0.25, -0.2) is 0 Å². The molecule has 3 aromatic rings. The van der Waals surface area contributed by atoms with Gasteiger partial charge in [-0.3, -0.25) is 4.79 Å². The van der Waals surface area contributed by atoms with Crippen LogP contribution in [0, 0.1) is 5.92 Å². The first-order valence-corrected chi connectivity index (χ1v) is 10.0. The van der Waals surface area contributed by atoms with Gasteiger partial charge in [0.2, 0.25) is 17.6 Å². The highest BCUT2D eigenvalue weighted by molar-refractivity contribution is 5.91. The molecule has 0 unspecified atom stereocenters. The van der Waals surface area contributed by atoms with Crippen LogP contribution >= 0.6 is 0 Å². The molecule has 2 heterocycles. The van der Waals surface area contributed by atoms with E-state index >= 15 is 0 Å². The predicted molar refractivity (Wildman–Crippen MR) is 106 cm³/mol. The first-order chi connectivity index (χ1) is 13.8. The molecule has 4 rings (SSSR count). The number of hydrogen-bond donors (Lipinski definition) is 1. The number of nitrogens with one attached hydrogen (secondary N) is 1. The minimum atomic E-state index is 0.0693. The lowest BCUT2D eigenvalue weighted by molar-refractivity contribution is -0.116. The van der Waals surface area contributed by atoms with Crippen LogP contribution in [0.25, 0.3) is 11.6 Å². The summed E-state index contributed by atoms with van der Waals surface area (Å²) in [6.45, 7) is 0. The Morgan fingerprint density at radius 1 is 1.11 bits per heavy atom. The van der Waals surface area contributed by atoms with E-state index in [0.717, 1.165) is 17.7 Å². The lowest BCUT2D eigenvalue weighted by Gasteiger charge is -2.21. The Balaban J connectivity index is 1.37. The summed E-state index contributed by atoms with van der Waals surface area (Å²) in [5.74, 6) is 2.25. The van der Waals surface area contributed by atoms with Gasteiger partial charge in [-0.2, -0.15) is 4.98 Å². The maximum atomic E-state index is 12.4. The van der Waals surface area contributed by atoms with Crippen LogP contribution < -0.4 is 5.32 Å². The smallest absolute Gasteiger partial charge is 0.238 e. The van der Waals surface area contributed by atoms with Gasteiger partial charge in [-0.1, -0.05) is 55.5 Å². The third-order valence-electron chi connectivity index (χ3n) is 5.35. The highest BCUT2D eigenvalue weighted by Gasteiger charge is 2.16. The van der Waals surface area contributed by atoms with Gasteiger partial charge < -0.3 is 14.3 Å². The Bertz CT molecular complexity index is 895. The van der Waals surface area contributed by atoms with Crippen molar-refractivity contribution in [1.82, 2.24) is 10.1 Å². The van der Waals surface area contributed by atoms with Crippen LogP contribution in [0.15, 0.2) is 51.6 Å². The molecule has 1 aliphatic rings. The fourth-order valence-corrected chi connectivity index (χ4v) is 3.82. The number of hydrogen-bond acceptors (Lipinski definition) is 5. The summed E-state index contributed by atoms with van der Waals surface area (Å²) in [7, 11) is 0. The fourth-order valence-electron chi connectivity index (χ4n) is 3.82. The molecule has 0 saturated heterocycles. The number of nitrogens with zero attached hydrogens (tertiary/aromatic N) is 2. The van der Waals surface area contributed by atoms with Gasteiger partial charge >= 0.3 is 0 Å². The maximum absolute atomic E-state index is 12.4. The van der Waals surface area contributed by atoms with E-state index in [1.807, 2.05) is 24.3 Å². The number of rotatable bonds is 7. The van der Waals surface area contributed by atoms with Gasteiger partial charge in [0, 0.05) is 12.1 Å². The van der Waals surface area contributed by atoms with Gasteiger partial charge in [0.1, 0.15) is 0 Å². The molecule has 1 aliphatic carbocycles. The first-order valence-electron chi connectivity index (χ1n) is 10.0. The first kappa shape index (κ1) is 18.5. The number of aromatic nitrogens is 2. The van der Waals surface area contributed by atoms with Crippen LogP contribution in [-0.4, -0.2) is 16.0 Å². The van der Waals surface area contributed by atoms with Crippen molar-refractivity contribution in [2.75, 3.05) is 5.32 Å². The Labute approximate surface area is 164 Å². The van der Waals surface area contributed by atoms with E-state index in [9.17, 15) is 4.79 Å². The normalized spacial score (nSPS) is 14.9. The third kappa shape index (κ3) is 4.68. The van der Waals surface area contributed by atoms with Crippen LogP contribution in [0.3, 0.4) is 0 Å². The second kappa shape index (κ2) is 8.87. The summed E-state index contributed by atoms with van der Waals surface area (Å²) < 4.78 is 10.6. The molecule has 1 N–H and O–H groups in total. The zero-order valence-electron chi connectivity index (χ0n) is 15.9. The fraction of sp³-hybridized carbons (Fsp3) is 0.409. The van der Waals surface area contributed by atoms with E-state index in [0.29, 0.717) is 36.2 Å². The molecule has 1 amide bonds. The van der Waals surface area contributed by atoms with E-state index < -0.39 is 0 Å². The lowest BCUT2D eigenvalue weighted by atomic mass is 9.86. The van der Waals surface area contributed by atoms with Crippen LogP contribution in [0.2, 0.25) is 0 Å². The molecule has 1 fully saturated rings. The highest BCUT2D eigenvalue weighted by Crippen LogP contribution is 2.28. The van der Waals surface area contributed by atoms with Gasteiger partial charge in [0.25, 0.3) is 0 Å². The van der Waals surface area contributed by atoms with Crippen molar-refractivity contribution in [1.29, 1.82) is 0 Å². The number of amides is 1. The summed E-state index contributed by atoms with van der Waals surface area (Å²) in [5.41, 5.74) is 1.75. The minimum absolute atomic E-state index is 0.0693. The molecule has 0 aliphatic heterocycles. The molecule has 0 spiro atoms. The predicted octanol–water partition coefficient (Wildman–Crippen LogP) is 5.22. The highest BCUT2D eigenvalue weighted by atomic mass is 16.5. The Hall–Kier alpha value is -2.89. The van der Waals surface area contributed by atoms with E-state index in [-0.39, 0.29) is 5.91 Å². The number of furan rings is 1. The zero-order chi connectivity index (χ0) is 19.2. The molecule has 0 radical (unpaired) electrons. The van der Waals surface area contributed by atoms with Crippen molar-refractivity contribution in [2.45, 2.75) is 51.4 Å². The molecule has 1 aromatic carbocycles. The standard InChI is InChI=1S/C22H25N3O3/c26-20(13-12-16-7-2-1-3-8-16)23-18-10-5-4-9-17(18)15-21-24-22(25-28-21)19-11-6-14-27-19/h4-6,9-11,14,16H,1-3,7-8,12-13,15H2,(H,23,26). The summed E-state index contributed by atoms with van der Waals surface area (Å²) >= 11 is 0. The quantitative estimate of drug-likeness (QED) is 0.609. The lowest BCUT2D eigenvalue weighted by Crippen LogP contribution is -2.15. The average molecular weight is 379 g/mol. The Morgan fingerprint density at radius 2 is 1.96 bits per heavy atom. The van der Waals surface area contributed by atoms with E-state index in [1.165, 1.54) is 32.1 Å². The van der Waals surface area contributed by atoms with Crippen molar-refractivity contribution >= 4 is 11.6 Å². The number of carbonyl (C=O) groups is 1. The number of para-hydroxylation sites is 1. The van der Waals surface area contributed by atoms with E-state index in [2.05, 4.69) is 15.5 Å². The maximum Gasteiger partial charge on any atom is 0.238 e. The van der Waals surface area contributed by atoms with Crippen molar-refractivity contribution in [3.63, 3.8) is 0 Å². The Kier molecular flexibility index (Phi) is 5.85. The molecule has 6 heteroatoms. The van der Waals surface area contributed by atoms with Gasteiger partial charge in [-0.15, -0.1) is 0 Å². The van der Waals surface area contributed by atoms with Crippen molar-refractivity contribution in [3.8, 4) is 11.6 Å². The van der Waals surface area contributed by atoms with Crippen molar-refractivity contribution in [3.05, 3.63) is 54.1 Å². The molecule has 28 heavy (non-hydrogen) atoms. The van der Waals surface area contributed by atoms with Crippen molar-refractivity contribution < 1.29 is 13.7 Å². The van der Waals surface area contributed by atoms with Gasteiger partial charge in [0.05, 0.1) is 12.7 Å². The van der Waals surface area contributed by atoms with E-state index in [1.54, 1.807) is 18.4 Å². The van der Waals surface area contributed by atoms with Crippen molar-refractivity contribution in [2.24, 2.45) is 5.92 Å². The van der Waals surface area contributed by atoms with Gasteiger partial charge in [0.15, 0.2) is 5.76 Å². The van der Waals surface area contributed by atoms with Crippen LogP contribution in [0.5, 0.6) is 0 Å². The molecule has 6 nitrogen and oxygen atoms in total. The summed E-state index contributed by atoms with van der Waals surface area (Å²) in [6, 6.07) is 11.3. The number of benzene rings is 1. The molecule has 0 bridgehead atoms. The topological polar surface area (TPSA) is 81.2 Å². The summed E-state index contributed by atoms with van der Waals surface area (Å²) in [4.78, 5) is 16.8. The largest absolute Gasteiger partial charge is 0.461 e. The van der Waals surface area contributed by atoms with Crippen LogP contribution in [-0.2, 0) is 11.2 Å². The number of anilines is 1. The summed E-state index contributed by atoms with van der Waals surface area (Å²) in [5, 5.41) is 7.02. The molecular formula is C22H25N3O3. The number of carbonyl (C=O) groups excluding carboxylic acids is 1. The van der Waals surface area contributed by atoms with Crippen LogP contribution in [0.4, 0.5) is 5.69 Å².